The fourth-order valence-electron chi connectivity index (χ4n) is 3.58. The molecule has 1 amide bonds. The monoisotopic (exact) mass is 432 g/mol. The van der Waals surface area contributed by atoms with Crippen LogP contribution in [0.2, 0.25) is 0 Å². The Labute approximate surface area is 182 Å². The van der Waals surface area contributed by atoms with E-state index in [-0.39, 0.29) is 10.8 Å². The van der Waals surface area contributed by atoms with Crippen molar-refractivity contribution in [1.82, 2.24) is 9.29 Å². The molecule has 0 atom stereocenters. The molecule has 4 rings (SSSR count). The molecule has 1 aromatic heterocycles. The number of aromatic nitrogens is 1. The quantitative estimate of drug-likeness (QED) is 0.489. The molecular weight excluding hydrogens is 408 g/mol. The first-order valence-corrected chi connectivity index (χ1v) is 11.6. The molecule has 0 fully saturated rings. The fraction of sp³-hybridized carbons (Fsp3) is 0.160. The molecular formula is C25H24N2O3S. The highest BCUT2D eigenvalue weighted by Crippen LogP contribution is 2.24. The van der Waals surface area contributed by atoms with Gasteiger partial charge in [0.1, 0.15) is 0 Å². The lowest BCUT2D eigenvalue weighted by Crippen LogP contribution is -2.26. The highest BCUT2D eigenvalue weighted by Gasteiger charge is 2.19. The summed E-state index contributed by atoms with van der Waals surface area (Å²) in [6.45, 7) is 4.29. The Morgan fingerprint density at radius 3 is 2.42 bits per heavy atom. The number of nitrogens with zero attached hydrogens (tertiary/aromatic N) is 1. The van der Waals surface area contributed by atoms with Gasteiger partial charge in [-0.1, -0.05) is 48.0 Å². The van der Waals surface area contributed by atoms with E-state index in [1.165, 1.54) is 3.97 Å². The van der Waals surface area contributed by atoms with E-state index in [2.05, 4.69) is 5.32 Å². The van der Waals surface area contributed by atoms with Crippen molar-refractivity contribution in [2.45, 2.75) is 25.2 Å². The average molecular weight is 433 g/mol. The van der Waals surface area contributed by atoms with Gasteiger partial charge in [-0.25, -0.2) is 12.4 Å². The lowest BCUT2D eigenvalue weighted by molar-refractivity contribution is 0.0953. The van der Waals surface area contributed by atoms with Crippen LogP contribution in [0.3, 0.4) is 0 Å². The third-order valence-corrected chi connectivity index (χ3v) is 7.09. The number of carbonyl (C=O) groups excluding carboxylic acids is 1. The summed E-state index contributed by atoms with van der Waals surface area (Å²) in [5.41, 5.74) is 4.18. The number of benzene rings is 3. The number of hydrogen-bond acceptors (Lipinski definition) is 3. The minimum absolute atomic E-state index is 0.107. The molecule has 3 aromatic carbocycles. The zero-order chi connectivity index (χ0) is 22.0. The second-order valence-corrected chi connectivity index (χ2v) is 9.46. The summed E-state index contributed by atoms with van der Waals surface area (Å²) in [7, 11) is -3.68. The Kier molecular flexibility index (Phi) is 5.65. The summed E-state index contributed by atoms with van der Waals surface area (Å²) in [6, 6.07) is 21.8. The first kappa shape index (κ1) is 20.9. The molecule has 6 heteroatoms. The summed E-state index contributed by atoms with van der Waals surface area (Å²) in [4.78, 5) is 12.7. The van der Waals surface area contributed by atoms with Gasteiger partial charge in [0.2, 0.25) is 0 Å². The number of hydrogen-bond donors (Lipinski definition) is 1. The Hall–Kier alpha value is -3.38. The van der Waals surface area contributed by atoms with Gasteiger partial charge < -0.3 is 5.32 Å². The van der Waals surface area contributed by atoms with E-state index < -0.39 is 10.0 Å². The zero-order valence-electron chi connectivity index (χ0n) is 17.5. The van der Waals surface area contributed by atoms with Gasteiger partial charge in [-0.15, -0.1) is 0 Å². The van der Waals surface area contributed by atoms with E-state index in [4.69, 9.17) is 0 Å². The van der Waals surface area contributed by atoms with Crippen molar-refractivity contribution >= 4 is 26.8 Å². The van der Waals surface area contributed by atoms with Crippen molar-refractivity contribution < 1.29 is 13.2 Å². The molecule has 0 saturated carbocycles. The zero-order valence-corrected chi connectivity index (χ0v) is 18.3. The standard InChI is InChI=1S/C25H24N2O3S/c1-18-7-11-22(12-8-18)31(29,30)27-16-14-21-10-9-20(17-24(21)27)13-15-26-25(28)23-6-4-3-5-19(23)2/h3-12,14,16-17H,13,15H2,1-2H3,(H,26,28). The Morgan fingerprint density at radius 1 is 0.935 bits per heavy atom. The molecule has 31 heavy (non-hydrogen) atoms. The number of carbonyl (C=O) groups is 1. The maximum atomic E-state index is 13.1. The van der Waals surface area contributed by atoms with Gasteiger partial charge in [0.15, 0.2) is 0 Å². The van der Waals surface area contributed by atoms with Crippen LogP contribution in [-0.4, -0.2) is 24.8 Å². The van der Waals surface area contributed by atoms with Crippen LogP contribution in [0, 0.1) is 13.8 Å². The average Bonchev–Trinajstić information content (AvgIpc) is 3.18. The van der Waals surface area contributed by atoms with E-state index in [0.717, 1.165) is 22.1 Å². The van der Waals surface area contributed by atoms with Crippen molar-refractivity contribution in [2.75, 3.05) is 6.54 Å². The molecule has 0 aliphatic rings. The van der Waals surface area contributed by atoms with Crippen molar-refractivity contribution in [3.8, 4) is 0 Å². The topological polar surface area (TPSA) is 68.2 Å². The smallest absolute Gasteiger partial charge is 0.268 e. The van der Waals surface area contributed by atoms with Gasteiger partial charge in [0.25, 0.3) is 15.9 Å². The van der Waals surface area contributed by atoms with E-state index in [9.17, 15) is 13.2 Å². The van der Waals surface area contributed by atoms with Crippen LogP contribution in [0.15, 0.2) is 83.9 Å². The van der Waals surface area contributed by atoms with Crippen LogP contribution in [0.5, 0.6) is 0 Å². The lowest BCUT2D eigenvalue weighted by atomic mass is 10.1. The van der Waals surface area contributed by atoms with Crippen LogP contribution >= 0.6 is 0 Å². The number of nitrogens with one attached hydrogen (secondary N) is 1. The van der Waals surface area contributed by atoms with Crippen LogP contribution in [0.1, 0.15) is 27.0 Å². The highest BCUT2D eigenvalue weighted by atomic mass is 32.2. The van der Waals surface area contributed by atoms with E-state index in [1.54, 1.807) is 42.6 Å². The van der Waals surface area contributed by atoms with Crippen LogP contribution in [-0.2, 0) is 16.4 Å². The van der Waals surface area contributed by atoms with Crippen molar-refractivity contribution in [3.05, 3.63) is 101 Å². The highest BCUT2D eigenvalue weighted by molar-refractivity contribution is 7.90. The third-order valence-electron chi connectivity index (χ3n) is 5.39. The first-order chi connectivity index (χ1) is 14.9. The predicted molar refractivity (Wildman–Crippen MR) is 123 cm³/mol. The minimum Gasteiger partial charge on any atom is -0.352 e. The fourth-order valence-corrected chi connectivity index (χ4v) is 4.93. The van der Waals surface area contributed by atoms with E-state index in [1.807, 2.05) is 50.2 Å². The van der Waals surface area contributed by atoms with Gasteiger partial charge in [-0.05, 0) is 61.7 Å². The van der Waals surface area contributed by atoms with Crippen LogP contribution in [0.4, 0.5) is 0 Å². The maximum absolute atomic E-state index is 13.1. The summed E-state index contributed by atoms with van der Waals surface area (Å²) in [6.07, 6.45) is 2.19. The Balaban J connectivity index is 1.54. The second-order valence-electron chi connectivity index (χ2n) is 7.64. The molecule has 158 valence electrons. The van der Waals surface area contributed by atoms with Crippen molar-refractivity contribution in [1.29, 1.82) is 0 Å². The normalized spacial score (nSPS) is 11.5. The van der Waals surface area contributed by atoms with Crippen molar-refractivity contribution in [2.24, 2.45) is 0 Å². The summed E-state index contributed by atoms with van der Waals surface area (Å²) >= 11 is 0. The molecule has 0 aliphatic heterocycles. The van der Waals surface area contributed by atoms with Crippen LogP contribution < -0.4 is 5.32 Å². The molecule has 5 nitrogen and oxygen atoms in total. The molecule has 1 N–H and O–H groups in total. The molecule has 4 aromatic rings. The second kappa shape index (κ2) is 8.40. The molecule has 0 unspecified atom stereocenters. The third kappa shape index (κ3) is 4.25. The maximum Gasteiger partial charge on any atom is 0.268 e. The van der Waals surface area contributed by atoms with Gasteiger partial charge in [0.05, 0.1) is 10.4 Å². The largest absolute Gasteiger partial charge is 0.352 e. The number of aryl methyl sites for hydroxylation is 2. The van der Waals surface area contributed by atoms with E-state index >= 15 is 0 Å². The van der Waals surface area contributed by atoms with Gasteiger partial charge in [-0.3, -0.25) is 4.79 Å². The van der Waals surface area contributed by atoms with Gasteiger partial charge >= 0.3 is 0 Å². The van der Waals surface area contributed by atoms with Crippen LogP contribution in [0.25, 0.3) is 10.9 Å². The SMILES string of the molecule is Cc1ccc(S(=O)(=O)n2ccc3ccc(CCNC(=O)c4ccccc4C)cc32)cc1. The lowest BCUT2D eigenvalue weighted by Gasteiger charge is -2.10. The molecule has 0 aliphatic carbocycles. The molecule has 1 heterocycles. The summed E-state index contributed by atoms with van der Waals surface area (Å²) in [5, 5.41) is 3.79. The minimum atomic E-state index is -3.68. The molecule has 0 radical (unpaired) electrons. The Bertz CT molecular complexity index is 1350. The van der Waals surface area contributed by atoms with Gasteiger partial charge in [-0.2, -0.15) is 0 Å². The van der Waals surface area contributed by atoms with Gasteiger partial charge in [0, 0.05) is 23.7 Å². The molecule has 0 saturated heterocycles. The number of fused-ring (bicyclic) bond motifs is 1. The number of rotatable bonds is 6. The predicted octanol–water partition coefficient (Wildman–Crippen LogP) is 4.47. The first-order valence-electron chi connectivity index (χ1n) is 10.1. The molecule has 0 spiro atoms. The summed E-state index contributed by atoms with van der Waals surface area (Å²) in [5.74, 6) is -0.107. The van der Waals surface area contributed by atoms with E-state index in [0.29, 0.717) is 24.0 Å². The number of amides is 1. The van der Waals surface area contributed by atoms with Crippen molar-refractivity contribution in [3.63, 3.8) is 0 Å². The molecule has 0 bridgehead atoms. The summed E-state index contributed by atoms with van der Waals surface area (Å²) < 4.78 is 27.6. The Morgan fingerprint density at radius 2 is 1.68 bits per heavy atom.